The minimum absolute atomic E-state index is 0.0283. The Hall–Kier alpha value is -1.40. The van der Waals surface area contributed by atoms with Crippen LogP contribution in [0.4, 0.5) is 0 Å². The number of carbonyl (C=O) groups excluding carboxylic acids is 2. The lowest BCUT2D eigenvalue weighted by atomic mass is 9.51. The summed E-state index contributed by atoms with van der Waals surface area (Å²) in [5, 5.41) is 9.35. The Kier molecular flexibility index (Phi) is 4.49. The second-order valence-electron chi connectivity index (χ2n) is 6.08. The number of thiophene rings is 1. The topological polar surface area (TPSA) is 67.4 Å². The van der Waals surface area contributed by atoms with Gasteiger partial charge in [0.25, 0.3) is 5.91 Å². The highest BCUT2D eigenvalue weighted by atomic mass is 32.1. The summed E-state index contributed by atoms with van der Waals surface area (Å²) in [6, 6.07) is 1.95. The van der Waals surface area contributed by atoms with Crippen molar-refractivity contribution >= 4 is 23.2 Å². The van der Waals surface area contributed by atoms with Gasteiger partial charge < -0.3 is 15.4 Å². The third-order valence-corrected chi connectivity index (χ3v) is 5.65. The van der Waals surface area contributed by atoms with E-state index in [-0.39, 0.29) is 35.9 Å². The van der Waals surface area contributed by atoms with E-state index in [0.717, 1.165) is 25.9 Å². The van der Waals surface area contributed by atoms with Gasteiger partial charge in [-0.1, -0.05) is 6.42 Å². The lowest BCUT2D eigenvalue weighted by Gasteiger charge is -2.61. The van der Waals surface area contributed by atoms with Crippen molar-refractivity contribution in [2.45, 2.75) is 44.8 Å². The number of hydrogen-bond donors (Lipinski definition) is 2. The average Bonchev–Trinajstić information content (AvgIpc) is 2.96. The molecule has 120 valence electrons. The van der Waals surface area contributed by atoms with Gasteiger partial charge in [0.1, 0.15) is 0 Å². The Bertz CT molecular complexity index is 540. The van der Waals surface area contributed by atoms with Crippen molar-refractivity contribution in [1.82, 2.24) is 10.6 Å². The van der Waals surface area contributed by atoms with E-state index in [0.29, 0.717) is 5.56 Å². The maximum Gasteiger partial charge on any atom is 0.252 e. The summed E-state index contributed by atoms with van der Waals surface area (Å²) < 4.78 is 5.77. The number of rotatable bonds is 6. The summed E-state index contributed by atoms with van der Waals surface area (Å²) in [6.45, 7) is 2.77. The first-order chi connectivity index (χ1) is 10.7. The SMILES string of the molecule is CCO[C@H]1C[C@H](NC(=O)CNC(=O)c2ccsc2)C12CCC2. The lowest BCUT2D eigenvalue weighted by Crippen LogP contribution is -2.68. The summed E-state index contributed by atoms with van der Waals surface area (Å²) >= 11 is 1.47. The summed E-state index contributed by atoms with van der Waals surface area (Å²) in [7, 11) is 0. The van der Waals surface area contributed by atoms with E-state index in [9.17, 15) is 9.59 Å². The number of carbonyl (C=O) groups is 2. The van der Waals surface area contributed by atoms with Gasteiger partial charge in [0, 0.05) is 29.0 Å². The zero-order chi connectivity index (χ0) is 15.6. The Labute approximate surface area is 134 Å². The van der Waals surface area contributed by atoms with Gasteiger partial charge in [-0.05, 0) is 37.6 Å². The smallest absolute Gasteiger partial charge is 0.252 e. The summed E-state index contributed by atoms with van der Waals surface area (Å²) in [5.74, 6) is -0.314. The molecule has 1 heterocycles. The van der Waals surface area contributed by atoms with E-state index in [4.69, 9.17) is 4.74 Å². The average molecular weight is 322 g/mol. The van der Waals surface area contributed by atoms with E-state index in [1.807, 2.05) is 12.3 Å². The van der Waals surface area contributed by atoms with Crippen molar-refractivity contribution in [3.8, 4) is 0 Å². The predicted molar refractivity (Wildman–Crippen MR) is 84.9 cm³/mol. The van der Waals surface area contributed by atoms with Gasteiger partial charge in [-0.3, -0.25) is 9.59 Å². The fraction of sp³-hybridized carbons (Fsp3) is 0.625. The molecule has 0 aromatic carbocycles. The molecular weight excluding hydrogens is 300 g/mol. The lowest BCUT2D eigenvalue weighted by molar-refractivity contribution is -0.175. The molecule has 3 rings (SSSR count). The second-order valence-corrected chi connectivity index (χ2v) is 6.86. The molecule has 2 aliphatic rings. The van der Waals surface area contributed by atoms with Crippen LogP contribution in [0.2, 0.25) is 0 Å². The molecule has 6 heteroatoms. The van der Waals surface area contributed by atoms with E-state index >= 15 is 0 Å². The molecule has 2 aliphatic carbocycles. The fourth-order valence-electron chi connectivity index (χ4n) is 3.54. The van der Waals surface area contributed by atoms with Crippen molar-refractivity contribution in [2.24, 2.45) is 5.41 Å². The molecule has 1 spiro atoms. The second kappa shape index (κ2) is 6.38. The molecule has 5 nitrogen and oxygen atoms in total. The molecule has 2 saturated carbocycles. The molecule has 0 saturated heterocycles. The Morgan fingerprint density at radius 3 is 2.86 bits per heavy atom. The van der Waals surface area contributed by atoms with Crippen molar-refractivity contribution in [3.05, 3.63) is 22.4 Å². The van der Waals surface area contributed by atoms with Gasteiger partial charge in [-0.15, -0.1) is 0 Å². The standard InChI is InChI=1S/C16H22N2O3S/c1-2-21-13-8-12(16(13)5-3-6-16)18-14(19)9-17-15(20)11-4-7-22-10-11/h4,7,10,12-13H,2-3,5-6,8-9H2,1H3,(H,17,20)(H,18,19)/t12-,13-/m0/s1. The van der Waals surface area contributed by atoms with Crippen molar-refractivity contribution in [1.29, 1.82) is 0 Å². The van der Waals surface area contributed by atoms with Crippen LogP contribution in [0.5, 0.6) is 0 Å². The predicted octanol–water partition coefficient (Wildman–Crippen LogP) is 1.94. The zero-order valence-corrected chi connectivity index (χ0v) is 13.6. The van der Waals surface area contributed by atoms with Gasteiger partial charge >= 0.3 is 0 Å². The maximum atomic E-state index is 12.0. The van der Waals surface area contributed by atoms with Crippen LogP contribution >= 0.6 is 11.3 Å². The fourth-order valence-corrected chi connectivity index (χ4v) is 4.18. The first kappa shape index (κ1) is 15.5. The van der Waals surface area contributed by atoms with Crippen LogP contribution < -0.4 is 10.6 Å². The van der Waals surface area contributed by atoms with Crippen LogP contribution in [-0.2, 0) is 9.53 Å². The number of ether oxygens (including phenoxy) is 1. The summed E-state index contributed by atoms with van der Waals surface area (Å²) in [4.78, 5) is 23.9. The van der Waals surface area contributed by atoms with Crippen LogP contribution in [0, 0.1) is 5.41 Å². The minimum Gasteiger partial charge on any atom is -0.378 e. The van der Waals surface area contributed by atoms with Crippen LogP contribution in [0.25, 0.3) is 0 Å². The van der Waals surface area contributed by atoms with Gasteiger partial charge in [-0.2, -0.15) is 11.3 Å². The molecule has 1 aromatic rings. The van der Waals surface area contributed by atoms with Crippen LogP contribution in [0.15, 0.2) is 16.8 Å². The van der Waals surface area contributed by atoms with Gasteiger partial charge in [0.05, 0.1) is 12.6 Å². The highest BCUT2D eigenvalue weighted by Gasteiger charge is 2.59. The quantitative estimate of drug-likeness (QED) is 0.841. The number of hydrogen-bond acceptors (Lipinski definition) is 4. The number of nitrogens with one attached hydrogen (secondary N) is 2. The van der Waals surface area contributed by atoms with E-state index in [2.05, 4.69) is 10.6 Å². The largest absolute Gasteiger partial charge is 0.378 e. The van der Waals surface area contributed by atoms with Crippen LogP contribution in [-0.4, -0.2) is 37.1 Å². The molecule has 2 fully saturated rings. The number of amides is 2. The molecule has 2 atom stereocenters. The first-order valence-electron chi connectivity index (χ1n) is 7.87. The molecule has 0 bridgehead atoms. The van der Waals surface area contributed by atoms with Crippen LogP contribution in [0.3, 0.4) is 0 Å². The molecule has 22 heavy (non-hydrogen) atoms. The third kappa shape index (κ3) is 2.77. The van der Waals surface area contributed by atoms with Crippen LogP contribution in [0.1, 0.15) is 43.0 Å². The van der Waals surface area contributed by atoms with E-state index in [1.54, 1.807) is 11.4 Å². The monoisotopic (exact) mass is 322 g/mol. The van der Waals surface area contributed by atoms with Gasteiger partial charge in [0.15, 0.2) is 0 Å². The highest BCUT2D eigenvalue weighted by Crippen LogP contribution is 2.57. The molecule has 0 aliphatic heterocycles. The Morgan fingerprint density at radius 1 is 1.45 bits per heavy atom. The highest BCUT2D eigenvalue weighted by molar-refractivity contribution is 7.08. The van der Waals surface area contributed by atoms with Crippen molar-refractivity contribution < 1.29 is 14.3 Å². The molecule has 1 aromatic heterocycles. The molecule has 2 amide bonds. The molecule has 0 radical (unpaired) electrons. The van der Waals surface area contributed by atoms with Crippen molar-refractivity contribution in [2.75, 3.05) is 13.2 Å². The van der Waals surface area contributed by atoms with Crippen molar-refractivity contribution in [3.63, 3.8) is 0 Å². The van der Waals surface area contributed by atoms with Gasteiger partial charge in [-0.25, -0.2) is 0 Å². The normalized spacial score (nSPS) is 25.1. The van der Waals surface area contributed by atoms with E-state index in [1.165, 1.54) is 17.8 Å². The Balaban J connectivity index is 1.45. The zero-order valence-electron chi connectivity index (χ0n) is 12.8. The molecule has 0 unspecified atom stereocenters. The van der Waals surface area contributed by atoms with Gasteiger partial charge in [0.2, 0.25) is 5.91 Å². The third-order valence-electron chi connectivity index (χ3n) is 4.97. The first-order valence-corrected chi connectivity index (χ1v) is 8.81. The van der Waals surface area contributed by atoms with E-state index < -0.39 is 0 Å². The minimum atomic E-state index is -0.199. The Morgan fingerprint density at radius 2 is 2.27 bits per heavy atom. The summed E-state index contributed by atoms with van der Waals surface area (Å²) in [5.41, 5.74) is 0.761. The molecular formula is C16H22N2O3S. The maximum absolute atomic E-state index is 12.0. The molecule has 2 N–H and O–H groups in total. The summed E-state index contributed by atoms with van der Waals surface area (Å²) in [6.07, 6.45) is 4.65.